The van der Waals surface area contributed by atoms with Crippen LogP contribution in [0.25, 0.3) is 0 Å². The van der Waals surface area contributed by atoms with Gasteiger partial charge in [0.15, 0.2) is 0 Å². The normalized spacial score (nSPS) is 8.89. The number of primary amides is 1. The average Bonchev–Trinajstić information content (AvgIpc) is 2.15. The van der Waals surface area contributed by atoms with E-state index in [4.69, 9.17) is 0 Å². The van der Waals surface area contributed by atoms with Crippen LogP contribution in [0.4, 0.5) is 4.79 Å². The Labute approximate surface area is 55.4 Å². The van der Waals surface area contributed by atoms with Crippen LogP contribution in [0.15, 0.2) is 11.4 Å². The van der Waals surface area contributed by atoms with Crippen molar-refractivity contribution in [1.29, 1.82) is 0 Å². The summed E-state index contributed by atoms with van der Waals surface area (Å²) in [6, 6.07) is 1.56. The van der Waals surface area contributed by atoms with Gasteiger partial charge in [-0.15, -0.1) is 0 Å². The van der Waals surface area contributed by atoms with E-state index in [1.807, 2.05) is 0 Å². The fourth-order valence-electron chi connectivity index (χ4n) is 0.357. The Morgan fingerprint density at radius 3 is 3.11 bits per heavy atom. The highest BCUT2D eigenvalue weighted by Gasteiger charge is 1.97. The van der Waals surface area contributed by atoms with Crippen LogP contribution < -0.4 is 10.5 Å². The smallest absolute Gasteiger partial charge is 0.390 e. The van der Waals surface area contributed by atoms with Crippen LogP contribution in [0.1, 0.15) is 0 Å². The molecule has 5 heteroatoms. The fraction of sp³-hybridized carbons (Fsp3) is 0. The molecular formula is C4H4N2O2S. The number of aromatic nitrogens is 1. The number of rotatable bonds is 1. The Morgan fingerprint density at radius 2 is 2.67 bits per heavy atom. The van der Waals surface area contributed by atoms with Crippen molar-refractivity contribution in [2.75, 3.05) is 0 Å². The molecule has 9 heavy (non-hydrogen) atoms. The highest BCUT2D eigenvalue weighted by Crippen LogP contribution is 2.07. The van der Waals surface area contributed by atoms with Crippen molar-refractivity contribution in [3.8, 4) is 5.88 Å². The van der Waals surface area contributed by atoms with Crippen LogP contribution in [-0.4, -0.2) is 10.5 Å². The Balaban J connectivity index is 2.58. The molecule has 1 amide bonds. The predicted molar refractivity (Wildman–Crippen MR) is 32.3 cm³/mol. The second-order valence-electron chi connectivity index (χ2n) is 1.26. The van der Waals surface area contributed by atoms with Gasteiger partial charge in [-0.2, -0.15) is 4.37 Å². The van der Waals surface area contributed by atoms with Gasteiger partial charge in [-0.25, -0.2) is 4.79 Å². The van der Waals surface area contributed by atoms with E-state index in [0.29, 0.717) is 0 Å². The van der Waals surface area contributed by atoms with E-state index >= 15 is 0 Å². The first-order valence-electron chi connectivity index (χ1n) is 2.16. The van der Waals surface area contributed by atoms with Gasteiger partial charge in [0.1, 0.15) is 0 Å². The second kappa shape index (κ2) is 2.45. The van der Waals surface area contributed by atoms with Crippen LogP contribution in [0.2, 0.25) is 0 Å². The lowest BCUT2D eigenvalue weighted by Gasteiger charge is -1.90. The van der Waals surface area contributed by atoms with Gasteiger partial charge in [0.05, 0.1) is 0 Å². The summed E-state index contributed by atoms with van der Waals surface area (Å²) in [4.78, 5) is 10.0. The molecule has 0 aromatic carbocycles. The number of carbonyl (C=O) groups is 1. The van der Waals surface area contributed by atoms with Crippen molar-refractivity contribution in [3.63, 3.8) is 0 Å². The van der Waals surface area contributed by atoms with E-state index in [9.17, 15) is 4.79 Å². The van der Waals surface area contributed by atoms with E-state index in [0.717, 1.165) is 0 Å². The van der Waals surface area contributed by atoms with Crippen molar-refractivity contribution < 1.29 is 9.53 Å². The van der Waals surface area contributed by atoms with Crippen molar-refractivity contribution in [3.05, 3.63) is 11.4 Å². The van der Waals surface area contributed by atoms with Crippen molar-refractivity contribution in [2.45, 2.75) is 0 Å². The van der Waals surface area contributed by atoms with Gasteiger partial charge in [-0.05, 0) is 11.5 Å². The third-order valence-electron chi connectivity index (χ3n) is 0.619. The summed E-state index contributed by atoms with van der Waals surface area (Å²) in [6.45, 7) is 0. The van der Waals surface area contributed by atoms with E-state index in [2.05, 4.69) is 14.8 Å². The lowest BCUT2D eigenvalue weighted by molar-refractivity contribution is 0.209. The maximum absolute atomic E-state index is 10.0. The molecule has 0 fully saturated rings. The minimum atomic E-state index is -0.833. The standard InChI is InChI=1S/C4H4N2O2S/c5-4(7)8-3-1-2-9-6-3/h1-2H,(H2,5,7). The number of ether oxygens (including phenoxy) is 1. The minimum Gasteiger partial charge on any atom is -0.390 e. The molecule has 0 aliphatic heterocycles. The summed E-state index contributed by atoms with van der Waals surface area (Å²) >= 11 is 1.20. The quantitative estimate of drug-likeness (QED) is 0.627. The molecule has 0 bridgehead atoms. The van der Waals surface area contributed by atoms with Gasteiger partial charge in [-0.1, -0.05) is 0 Å². The first-order chi connectivity index (χ1) is 4.29. The van der Waals surface area contributed by atoms with Gasteiger partial charge in [0.2, 0.25) is 5.88 Å². The molecular weight excluding hydrogens is 140 g/mol. The molecule has 1 aromatic heterocycles. The molecule has 2 N–H and O–H groups in total. The van der Waals surface area contributed by atoms with Crippen LogP contribution in [0.3, 0.4) is 0 Å². The molecule has 0 spiro atoms. The Kier molecular flexibility index (Phi) is 1.64. The van der Waals surface area contributed by atoms with Gasteiger partial charge in [0, 0.05) is 11.4 Å². The largest absolute Gasteiger partial charge is 0.411 e. The number of amides is 1. The summed E-state index contributed by atoms with van der Waals surface area (Å²) < 4.78 is 8.07. The molecule has 0 radical (unpaired) electrons. The van der Waals surface area contributed by atoms with Crippen LogP contribution >= 0.6 is 11.5 Å². The molecule has 0 unspecified atom stereocenters. The fourth-order valence-corrected chi connectivity index (χ4v) is 0.797. The van der Waals surface area contributed by atoms with Gasteiger partial charge in [-0.3, -0.25) is 0 Å². The molecule has 48 valence electrons. The summed E-state index contributed by atoms with van der Waals surface area (Å²) in [6.07, 6.45) is -0.833. The van der Waals surface area contributed by atoms with E-state index < -0.39 is 6.09 Å². The highest BCUT2D eigenvalue weighted by atomic mass is 32.1. The second-order valence-corrected chi connectivity index (χ2v) is 1.92. The lowest BCUT2D eigenvalue weighted by Crippen LogP contribution is -2.16. The third kappa shape index (κ3) is 1.69. The lowest BCUT2D eigenvalue weighted by atomic mass is 10.7. The summed E-state index contributed by atoms with van der Waals surface area (Å²) in [7, 11) is 0. The SMILES string of the molecule is NC(=O)Oc1ccsn1. The van der Waals surface area contributed by atoms with Crippen molar-refractivity contribution >= 4 is 17.6 Å². The summed E-state index contributed by atoms with van der Waals surface area (Å²) in [5, 5.41) is 1.69. The Bertz CT molecular complexity index is 196. The molecule has 0 aliphatic rings. The molecule has 0 aliphatic carbocycles. The minimum absolute atomic E-state index is 0.257. The number of nitrogens with zero attached hydrogens (tertiary/aromatic N) is 1. The molecule has 4 nitrogen and oxygen atoms in total. The molecule has 1 rings (SSSR count). The van der Waals surface area contributed by atoms with Gasteiger partial charge < -0.3 is 10.5 Å². The van der Waals surface area contributed by atoms with E-state index in [1.165, 1.54) is 11.5 Å². The van der Waals surface area contributed by atoms with Crippen LogP contribution in [0, 0.1) is 0 Å². The van der Waals surface area contributed by atoms with Gasteiger partial charge in [0.25, 0.3) is 0 Å². The van der Waals surface area contributed by atoms with Crippen molar-refractivity contribution in [2.24, 2.45) is 5.73 Å². The molecule has 1 heterocycles. The maximum atomic E-state index is 10.0. The number of hydrogen-bond donors (Lipinski definition) is 1. The molecule has 0 saturated carbocycles. The van der Waals surface area contributed by atoms with E-state index in [-0.39, 0.29) is 5.88 Å². The molecule has 0 saturated heterocycles. The molecule has 1 aromatic rings. The predicted octanol–water partition coefficient (Wildman–Crippen LogP) is 0.601. The number of hydrogen-bond acceptors (Lipinski definition) is 4. The average molecular weight is 144 g/mol. The summed E-state index contributed by atoms with van der Waals surface area (Å²) in [5.41, 5.74) is 4.69. The number of carbonyl (C=O) groups excluding carboxylic acids is 1. The third-order valence-corrected chi connectivity index (χ3v) is 1.16. The highest BCUT2D eigenvalue weighted by molar-refractivity contribution is 7.03. The zero-order chi connectivity index (χ0) is 6.69. The first-order valence-corrected chi connectivity index (χ1v) is 3.00. The maximum Gasteiger partial charge on any atom is 0.411 e. The zero-order valence-electron chi connectivity index (χ0n) is 4.40. The Hall–Kier alpha value is -1.10. The monoisotopic (exact) mass is 144 g/mol. The number of nitrogens with two attached hydrogens (primary N) is 1. The molecule has 0 atom stereocenters. The summed E-state index contributed by atoms with van der Waals surface area (Å²) in [5.74, 6) is 0.257. The first kappa shape index (κ1) is 6.03. The van der Waals surface area contributed by atoms with Crippen LogP contribution in [-0.2, 0) is 0 Å². The topological polar surface area (TPSA) is 65.2 Å². The van der Waals surface area contributed by atoms with Crippen LogP contribution in [0.5, 0.6) is 5.88 Å². The van der Waals surface area contributed by atoms with Crippen molar-refractivity contribution in [1.82, 2.24) is 4.37 Å². The van der Waals surface area contributed by atoms with E-state index in [1.54, 1.807) is 11.4 Å². The van der Waals surface area contributed by atoms with Gasteiger partial charge >= 0.3 is 6.09 Å². The zero-order valence-corrected chi connectivity index (χ0v) is 5.22. The Morgan fingerprint density at radius 1 is 1.89 bits per heavy atom.